The van der Waals surface area contributed by atoms with Gasteiger partial charge in [-0.05, 0) is 43.7 Å². The molecule has 0 radical (unpaired) electrons. The van der Waals surface area contributed by atoms with Crippen molar-refractivity contribution in [3.8, 4) is 11.5 Å². The topological polar surface area (TPSA) is 77.8 Å². The number of aromatic nitrogens is 3. The second-order valence-electron chi connectivity index (χ2n) is 6.42. The Morgan fingerprint density at radius 1 is 1.12 bits per heavy atom. The third kappa shape index (κ3) is 3.20. The highest BCUT2D eigenvalue weighted by Gasteiger charge is 2.30. The highest BCUT2D eigenvalue weighted by molar-refractivity contribution is 5.87. The molecule has 0 aliphatic rings. The number of methoxy groups -OCH3 is 2. The van der Waals surface area contributed by atoms with Gasteiger partial charge in [0.15, 0.2) is 23.0 Å². The molecule has 2 heterocycles. The van der Waals surface area contributed by atoms with Gasteiger partial charge in [-0.3, -0.25) is 9.20 Å². The highest BCUT2D eigenvalue weighted by atomic mass is 16.5. The van der Waals surface area contributed by atoms with E-state index in [4.69, 9.17) is 9.47 Å². The van der Waals surface area contributed by atoms with Crippen molar-refractivity contribution >= 4 is 11.6 Å². The first-order valence-corrected chi connectivity index (χ1v) is 8.27. The van der Waals surface area contributed by atoms with Crippen LogP contribution in [0, 0.1) is 0 Å². The summed E-state index contributed by atoms with van der Waals surface area (Å²) in [7, 11) is 3.16. The van der Waals surface area contributed by atoms with Gasteiger partial charge in [0.2, 0.25) is 5.91 Å². The van der Waals surface area contributed by atoms with E-state index in [0.717, 1.165) is 11.2 Å². The van der Waals surface area contributed by atoms with Gasteiger partial charge >= 0.3 is 0 Å². The van der Waals surface area contributed by atoms with Gasteiger partial charge < -0.3 is 14.8 Å². The Labute approximate surface area is 152 Å². The van der Waals surface area contributed by atoms with Crippen molar-refractivity contribution in [1.29, 1.82) is 0 Å². The van der Waals surface area contributed by atoms with Crippen LogP contribution in [0.4, 0.5) is 0 Å². The molecule has 3 aromatic rings. The fourth-order valence-corrected chi connectivity index (χ4v) is 2.75. The Balaban J connectivity index is 1.78. The number of fused-ring (bicyclic) bond motifs is 1. The SMILES string of the molecule is COc1ccc(C(C)(C)C(=O)NCc2nnc3ccccn23)cc1OC. The molecule has 136 valence electrons. The molecular weight excluding hydrogens is 332 g/mol. The van der Waals surface area contributed by atoms with Crippen molar-refractivity contribution in [3.05, 3.63) is 54.0 Å². The number of hydrogen-bond acceptors (Lipinski definition) is 5. The van der Waals surface area contributed by atoms with Gasteiger partial charge in [-0.15, -0.1) is 10.2 Å². The highest BCUT2D eigenvalue weighted by Crippen LogP contribution is 2.33. The van der Waals surface area contributed by atoms with Gasteiger partial charge in [-0.25, -0.2) is 0 Å². The molecule has 2 aromatic heterocycles. The quantitative estimate of drug-likeness (QED) is 0.735. The van der Waals surface area contributed by atoms with Gasteiger partial charge in [0.25, 0.3) is 0 Å². The van der Waals surface area contributed by atoms with E-state index < -0.39 is 5.41 Å². The van der Waals surface area contributed by atoms with Gasteiger partial charge in [0.1, 0.15) is 0 Å². The average Bonchev–Trinajstić information content (AvgIpc) is 3.08. The number of nitrogens with one attached hydrogen (secondary N) is 1. The summed E-state index contributed by atoms with van der Waals surface area (Å²) in [6, 6.07) is 11.2. The minimum Gasteiger partial charge on any atom is -0.493 e. The fraction of sp³-hybridized carbons (Fsp3) is 0.316. The Bertz CT molecular complexity index is 933. The summed E-state index contributed by atoms with van der Waals surface area (Å²) in [5.74, 6) is 1.78. The van der Waals surface area contributed by atoms with Crippen LogP contribution in [0.1, 0.15) is 25.2 Å². The minimum absolute atomic E-state index is 0.114. The molecule has 26 heavy (non-hydrogen) atoms. The number of carbonyl (C=O) groups is 1. The second-order valence-corrected chi connectivity index (χ2v) is 6.42. The lowest BCUT2D eigenvalue weighted by Gasteiger charge is -2.25. The molecule has 0 saturated carbocycles. The number of hydrogen-bond donors (Lipinski definition) is 1. The molecule has 0 aliphatic carbocycles. The Morgan fingerprint density at radius 3 is 2.62 bits per heavy atom. The first-order chi connectivity index (χ1) is 12.5. The molecule has 0 bridgehead atoms. The van der Waals surface area contributed by atoms with E-state index in [1.165, 1.54) is 0 Å². The second kappa shape index (κ2) is 7.03. The summed E-state index contributed by atoms with van der Waals surface area (Å²) in [6.45, 7) is 4.03. The van der Waals surface area contributed by atoms with Crippen LogP contribution in [0.3, 0.4) is 0 Å². The normalized spacial score (nSPS) is 11.4. The van der Waals surface area contributed by atoms with Crippen LogP contribution in [0.15, 0.2) is 42.6 Å². The van der Waals surface area contributed by atoms with Crippen LogP contribution in [-0.2, 0) is 16.8 Å². The summed E-state index contributed by atoms with van der Waals surface area (Å²) in [4.78, 5) is 12.8. The van der Waals surface area contributed by atoms with Crippen molar-refractivity contribution in [2.24, 2.45) is 0 Å². The van der Waals surface area contributed by atoms with Gasteiger partial charge in [-0.1, -0.05) is 12.1 Å². The zero-order valence-electron chi connectivity index (χ0n) is 15.3. The maximum atomic E-state index is 12.8. The van der Waals surface area contributed by atoms with E-state index in [0.29, 0.717) is 23.9 Å². The summed E-state index contributed by atoms with van der Waals surface area (Å²) < 4.78 is 12.4. The van der Waals surface area contributed by atoms with Crippen molar-refractivity contribution in [3.63, 3.8) is 0 Å². The van der Waals surface area contributed by atoms with Crippen LogP contribution in [-0.4, -0.2) is 34.7 Å². The number of carbonyl (C=O) groups excluding carboxylic acids is 1. The van der Waals surface area contributed by atoms with Crippen LogP contribution in [0.5, 0.6) is 11.5 Å². The molecule has 0 unspecified atom stereocenters. The van der Waals surface area contributed by atoms with E-state index in [1.54, 1.807) is 20.3 Å². The number of amides is 1. The van der Waals surface area contributed by atoms with Crippen LogP contribution >= 0.6 is 0 Å². The van der Waals surface area contributed by atoms with Gasteiger partial charge in [0, 0.05) is 6.20 Å². The van der Waals surface area contributed by atoms with E-state index in [1.807, 2.05) is 54.8 Å². The molecular formula is C19H22N4O3. The predicted octanol–water partition coefficient (Wildman–Crippen LogP) is 2.34. The average molecular weight is 354 g/mol. The largest absolute Gasteiger partial charge is 0.493 e. The van der Waals surface area contributed by atoms with Crippen molar-refractivity contribution in [2.45, 2.75) is 25.8 Å². The number of rotatable bonds is 6. The lowest BCUT2D eigenvalue weighted by molar-refractivity contribution is -0.125. The van der Waals surface area contributed by atoms with Gasteiger partial charge in [-0.2, -0.15) is 0 Å². The van der Waals surface area contributed by atoms with Crippen LogP contribution in [0.2, 0.25) is 0 Å². The van der Waals surface area contributed by atoms with Crippen molar-refractivity contribution < 1.29 is 14.3 Å². The monoisotopic (exact) mass is 354 g/mol. The smallest absolute Gasteiger partial charge is 0.230 e. The molecule has 1 aromatic carbocycles. The maximum Gasteiger partial charge on any atom is 0.230 e. The third-order valence-electron chi connectivity index (χ3n) is 4.46. The lowest BCUT2D eigenvalue weighted by Crippen LogP contribution is -2.40. The first kappa shape index (κ1) is 17.7. The van der Waals surface area contributed by atoms with Gasteiger partial charge in [0.05, 0.1) is 26.2 Å². The lowest BCUT2D eigenvalue weighted by atomic mass is 9.83. The van der Waals surface area contributed by atoms with Crippen LogP contribution in [0.25, 0.3) is 5.65 Å². The molecule has 3 rings (SSSR count). The summed E-state index contributed by atoms with van der Waals surface area (Å²) in [6.07, 6.45) is 1.87. The fourth-order valence-electron chi connectivity index (χ4n) is 2.75. The number of nitrogens with zero attached hydrogens (tertiary/aromatic N) is 3. The minimum atomic E-state index is -0.750. The van der Waals surface area contributed by atoms with E-state index in [9.17, 15) is 4.79 Å². The maximum absolute atomic E-state index is 12.8. The molecule has 0 atom stereocenters. The molecule has 0 spiro atoms. The van der Waals surface area contributed by atoms with Crippen LogP contribution < -0.4 is 14.8 Å². The molecule has 0 fully saturated rings. The number of ether oxygens (including phenoxy) is 2. The summed E-state index contributed by atoms with van der Waals surface area (Å²) >= 11 is 0. The number of pyridine rings is 1. The zero-order valence-corrected chi connectivity index (χ0v) is 15.3. The summed E-state index contributed by atoms with van der Waals surface area (Å²) in [5.41, 5.74) is 0.828. The number of benzene rings is 1. The van der Waals surface area contributed by atoms with Crippen molar-refractivity contribution in [2.75, 3.05) is 14.2 Å². The Hall–Kier alpha value is -3.09. The predicted molar refractivity (Wildman–Crippen MR) is 97.4 cm³/mol. The molecule has 1 N–H and O–H groups in total. The van der Waals surface area contributed by atoms with E-state index >= 15 is 0 Å². The Morgan fingerprint density at radius 2 is 1.88 bits per heavy atom. The third-order valence-corrected chi connectivity index (χ3v) is 4.46. The molecule has 1 amide bonds. The Kier molecular flexibility index (Phi) is 4.79. The molecule has 7 nitrogen and oxygen atoms in total. The first-order valence-electron chi connectivity index (χ1n) is 8.27. The summed E-state index contributed by atoms with van der Waals surface area (Å²) in [5, 5.41) is 11.2. The molecule has 7 heteroatoms. The molecule has 0 saturated heterocycles. The standard InChI is InChI=1S/C19H22N4O3/c1-19(2,13-8-9-14(25-3)15(11-13)26-4)18(24)20-12-17-22-21-16-7-5-6-10-23(16)17/h5-11H,12H2,1-4H3,(H,20,24). The van der Waals surface area contributed by atoms with Crippen molar-refractivity contribution in [1.82, 2.24) is 19.9 Å². The van der Waals surface area contributed by atoms with E-state index in [2.05, 4.69) is 15.5 Å². The zero-order chi connectivity index (χ0) is 18.7. The van der Waals surface area contributed by atoms with E-state index in [-0.39, 0.29) is 5.91 Å². The molecule has 0 aliphatic heterocycles.